The van der Waals surface area contributed by atoms with E-state index in [1.807, 2.05) is 6.07 Å². The first-order chi connectivity index (χ1) is 15.7. The molecule has 3 nitrogen and oxygen atoms in total. The Morgan fingerprint density at radius 3 is 2.62 bits per heavy atom. The molecule has 1 aliphatic carbocycles. The van der Waals surface area contributed by atoms with Crippen LogP contribution in [0.1, 0.15) is 42.7 Å². The predicted molar refractivity (Wildman–Crippen MR) is 130 cm³/mol. The molecule has 5 aromatic rings. The van der Waals surface area contributed by atoms with E-state index in [4.69, 9.17) is 4.42 Å². The first kappa shape index (κ1) is 19.2. The second kappa shape index (κ2) is 7.59. The van der Waals surface area contributed by atoms with Gasteiger partial charge in [0.15, 0.2) is 11.8 Å². The molecule has 2 aromatic carbocycles. The average molecular weight is 420 g/mol. The van der Waals surface area contributed by atoms with Crippen LogP contribution < -0.4 is 4.57 Å². The Bertz CT molecular complexity index is 1460. The SMILES string of the molecule is Cc1ccc2c(oc3ncccc32)c1-c1cc(-c2cccc(C3CCCC3)c2)cc[n+]1C. The lowest BCUT2D eigenvalue weighted by Crippen LogP contribution is -2.30. The number of aryl methyl sites for hydroxylation is 2. The quantitative estimate of drug-likeness (QED) is 0.292. The van der Waals surface area contributed by atoms with Crippen LogP contribution in [-0.2, 0) is 7.05 Å². The molecule has 0 bridgehead atoms. The fraction of sp³-hybridized carbons (Fsp3) is 0.241. The zero-order valence-electron chi connectivity index (χ0n) is 18.6. The third kappa shape index (κ3) is 3.12. The molecular formula is C29H27N2O+. The van der Waals surface area contributed by atoms with Gasteiger partial charge in [-0.05, 0) is 60.1 Å². The van der Waals surface area contributed by atoms with E-state index in [9.17, 15) is 0 Å². The van der Waals surface area contributed by atoms with Crippen LogP contribution in [0.5, 0.6) is 0 Å². The zero-order chi connectivity index (χ0) is 21.7. The fourth-order valence-electron chi connectivity index (χ4n) is 5.32. The van der Waals surface area contributed by atoms with E-state index >= 15 is 0 Å². The van der Waals surface area contributed by atoms with Gasteiger partial charge in [-0.2, -0.15) is 0 Å². The van der Waals surface area contributed by atoms with Crippen molar-refractivity contribution in [2.45, 2.75) is 38.5 Å². The lowest BCUT2D eigenvalue weighted by molar-refractivity contribution is -0.660. The molecule has 1 saturated carbocycles. The monoisotopic (exact) mass is 419 g/mol. The zero-order valence-corrected chi connectivity index (χ0v) is 18.6. The van der Waals surface area contributed by atoms with Crippen LogP contribution in [0.3, 0.4) is 0 Å². The number of fused-ring (bicyclic) bond motifs is 3. The average Bonchev–Trinajstić information content (AvgIpc) is 3.48. The van der Waals surface area contributed by atoms with Crippen molar-refractivity contribution in [2.24, 2.45) is 7.05 Å². The smallest absolute Gasteiger partial charge is 0.227 e. The van der Waals surface area contributed by atoms with E-state index in [1.165, 1.54) is 47.9 Å². The molecule has 0 amide bonds. The molecule has 158 valence electrons. The molecule has 6 rings (SSSR count). The molecule has 3 heteroatoms. The maximum Gasteiger partial charge on any atom is 0.227 e. The number of hydrogen-bond donors (Lipinski definition) is 0. The Kier molecular flexibility index (Phi) is 4.57. The maximum absolute atomic E-state index is 6.28. The van der Waals surface area contributed by atoms with Gasteiger partial charge in [0, 0.05) is 29.1 Å². The second-order valence-electron chi connectivity index (χ2n) is 9.11. The minimum atomic E-state index is 0.692. The lowest BCUT2D eigenvalue weighted by Gasteiger charge is -2.12. The summed E-state index contributed by atoms with van der Waals surface area (Å²) in [4.78, 5) is 4.44. The van der Waals surface area contributed by atoms with E-state index in [0.29, 0.717) is 11.6 Å². The number of rotatable bonds is 3. The highest BCUT2D eigenvalue weighted by Crippen LogP contribution is 2.38. The third-order valence-corrected chi connectivity index (χ3v) is 7.08. The number of nitrogens with zero attached hydrogens (tertiary/aromatic N) is 2. The molecular weight excluding hydrogens is 392 g/mol. The molecule has 0 atom stereocenters. The number of benzene rings is 2. The highest BCUT2D eigenvalue weighted by molar-refractivity contribution is 6.08. The van der Waals surface area contributed by atoms with E-state index < -0.39 is 0 Å². The molecule has 0 spiro atoms. The van der Waals surface area contributed by atoms with Crippen molar-refractivity contribution >= 4 is 22.1 Å². The van der Waals surface area contributed by atoms with Crippen molar-refractivity contribution in [2.75, 3.05) is 0 Å². The van der Waals surface area contributed by atoms with Crippen molar-refractivity contribution in [1.29, 1.82) is 0 Å². The minimum absolute atomic E-state index is 0.692. The Morgan fingerprint density at radius 1 is 0.906 bits per heavy atom. The van der Waals surface area contributed by atoms with Gasteiger partial charge in [0.25, 0.3) is 0 Å². The van der Waals surface area contributed by atoms with Crippen LogP contribution in [0.2, 0.25) is 0 Å². The summed E-state index contributed by atoms with van der Waals surface area (Å²) >= 11 is 0. The van der Waals surface area contributed by atoms with Gasteiger partial charge in [0.05, 0.1) is 5.56 Å². The normalized spacial score (nSPS) is 14.6. The van der Waals surface area contributed by atoms with E-state index in [-0.39, 0.29) is 0 Å². The molecule has 0 N–H and O–H groups in total. The van der Waals surface area contributed by atoms with E-state index in [1.54, 1.807) is 6.20 Å². The van der Waals surface area contributed by atoms with Gasteiger partial charge in [-0.1, -0.05) is 49.2 Å². The Morgan fingerprint density at radius 2 is 1.75 bits per heavy atom. The Hall–Kier alpha value is -3.46. The molecule has 0 radical (unpaired) electrons. The van der Waals surface area contributed by atoms with Gasteiger partial charge < -0.3 is 4.42 Å². The molecule has 1 aliphatic rings. The Balaban J connectivity index is 1.52. The number of pyridine rings is 2. The van der Waals surface area contributed by atoms with Crippen LogP contribution in [0.4, 0.5) is 0 Å². The summed E-state index contributed by atoms with van der Waals surface area (Å²) in [5.74, 6) is 0.716. The molecule has 3 heterocycles. The van der Waals surface area contributed by atoms with Crippen molar-refractivity contribution in [3.05, 3.63) is 84.2 Å². The number of aromatic nitrogens is 2. The summed E-state index contributed by atoms with van der Waals surface area (Å²) in [5, 5.41) is 2.18. The van der Waals surface area contributed by atoms with Gasteiger partial charge >= 0.3 is 0 Å². The first-order valence-corrected chi connectivity index (χ1v) is 11.6. The summed E-state index contributed by atoms with van der Waals surface area (Å²) in [5.41, 5.74) is 9.09. The van der Waals surface area contributed by atoms with Crippen LogP contribution in [0.25, 0.3) is 44.5 Å². The minimum Gasteiger partial charge on any atom is -0.437 e. The molecule has 3 aromatic heterocycles. The van der Waals surface area contributed by atoms with Crippen LogP contribution in [0, 0.1) is 6.92 Å². The number of furan rings is 1. The fourth-order valence-corrected chi connectivity index (χ4v) is 5.32. The van der Waals surface area contributed by atoms with Crippen molar-refractivity contribution in [1.82, 2.24) is 4.98 Å². The van der Waals surface area contributed by atoms with Crippen LogP contribution >= 0.6 is 0 Å². The maximum atomic E-state index is 6.28. The van der Waals surface area contributed by atoms with Gasteiger partial charge in [-0.25, -0.2) is 9.55 Å². The van der Waals surface area contributed by atoms with Crippen LogP contribution in [-0.4, -0.2) is 4.98 Å². The Labute approximate surface area is 188 Å². The van der Waals surface area contributed by atoms with Gasteiger partial charge in [0.2, 0.25) is 11.4 Å². The highest BCUT2D eigenvalue weighted by Gasteiger charge is 2.22. The summed E-state index contributed by atoms with van der Waals surface area (Å²) < 4.78 is 8.47. The van der Waals surface area contributed by atoms with Crippen molar-refractivity contribution in [3.8, 4) is 22.4 Å². The lowest BCUT2D eigenvalue weighted by atomic mass is 9.93. The van der Waals surface area contributed by atoms with Crippen molar-refractivity contribution < 1.29 is 8.98 Å². The van der Waals surface area contributed by atoms with Gasteiger partial charge in [-0.15, -0.1) is 0 Å². The topological polar surface area (TPSA) is 29.9 Å². The number of hydrogen-bond acceptors (Lipinski definition) is 2. The summed E-state index contributed by atoms with van der Waals surface area (Å²) in [6.45, 7) is 2.16. The third-order valence-electron chi connectivity index (χ3n) is 7.08. The standard InChI is InChI=1S/C29H27N2O/c1-19-12-13-24-25-11-6-15-30-29(25)32-28(24)27(19)26-18-23(14-16-31(26)2)22-10-5-9-21(17-22)20-7-3-4-8-20/h5-6,9-18,20H,3-4,7-8H2,1-2H3/q+1. The van der Waals surface area contributed by atoms with Gasteiger partial charge in [-0.3, -0.25) is 0 Å². The second-order valence-corrected chi connectivity index (χ2v) is 9.11. The van der Waals surface area contributed by atoms with Crippen LogP contribution in [0.15, 0.2) is 77.5 Å². The summed E-state index contributed by atoms with van der Waals surface area (Å²) in [6, 6.07) is 22.0. The molecule has 0 unspecified atom stereocenters. The highest BCUT2D eigenvalue weighted by atomic mass is 16.3. The molecule has 1 fully saturated rings. The summed E-state index contributed by atoms with van der Waals surface area (Å²) in [6.07, 6.45) is 9.30. The molecule has 0 saturated heterocycles. The van der Waals surface area contributed by atoms with Crippen molar-refractivity contribution in [3.63, 3.8) is 0 Å². The molecule has 0 aliphatic heterocycles. The largest absolute Gasteiger partial charge is 0.437 e. The predicted octanol–water partition coefficient (Wildman–Crippen LogP) is 7.11. The molecule has 32 heavy (non-hydrogen) atoms. The van der Waals surface area contributed by atoms with Gasteiger partial charge in [0.1, 0.15) is 7.05 Å². The first-order valence-electron chi connectivity index (χ1n) is 11.6. The van der Waals surface area contributed by atoms with E-state index in [0.717, 1.165) is 27.6 Å². The summed E-state index contributed by atoms with van der Waals surface area (Å²) in [7, 11) is 2.10. The van der Waals surface area contributed by atoms with E-state index in [2.05, 4.69) is 84.3 Å².